The van der Waals surface area contributed by atoms with Crippen LogP contribution in [0, 0.1) is 6.92 Å². The number of hydrogen-bond donors (Lipinski definition) is 2. The van der Waals surface area contributed by atoms with Crippen molar-refractivity contribution in [1.82, 2.24) is 10.6 Å². The Balaban J connectivity index is 1.71. The van der Waals surface area contributed by atoms with Crippen molar-refractivity contribution in [3.05, 3.63) is 35.6 Å². The smallest absolute Gasteiger partial charge is 0.220 e. The molecule has 0 saturated carbocycles. The second-order valence-electron chi connectivity index (χ2n) is 5.05. The normalized spacial score (nSPS) is 19.6. The number of piperidine rings is 1. The van der Waals surface area contributed by atoms with E-state index in [9.17, 15) is 4.79 Å². The van der Waals surface area contributed by atoms with E-state index in [1.54, 1.807) is 0 Å². The highest BCUT2D eigenvalue weighted by atomic mass is 16.3. The largest absolute Gasteiger partial charge is 0.461 e. The Labute approximate surface area is 112 Å². The molecule has 100 valence electrons. The molecule has 3 rings (SSSR count). The monoisotopic (exact) mass is 258 g/mol. The van der Waals surface area contributed by atoms with Gasteiger partial charge in [0.05, 0.1) is 0 Å². The van der Waals surface area contributed by atoms with Gasteiger partial charge in [0, 0.05) is 36.5 Å². The Morgan fingerprint density at radius 2 is 2.26 bits per heavy atom. The Morgan fingerprint density at radius 1 is 1.42 bits per heavy atom. The molecule has 2 aromatic rings. The van der Waals surface area contributed by atoms with Gasteiger partial charge < -0.3 is 15.1 Å². The lowest BCUT2D eigenvalue weighted by molar-refractivity contribution is -0.122. The summed E-state index contributed by atoms with van der Waals surface area (Å²) in [4.78, 5) is 11.1. The van der Waals surface area contributed by atoms with Gasteiger partial charge in [0.2, 0.25) is 5.91 Å². The van der Waals surface area contributed by atoms with E-state index < -0.39 is 0 Å². The number of hydrogen-bond acceptors (Lipinski definition) is 3. The number of para-hydroxylation sites is 1. The van der Waals surface area contributed by atoms with E-state index in [1.165, 1.54) is 10.9 Å². The molecule has 2 heterocycles. The standard InChI is InChI=1S/C15H18N2O2/c1-10-13(12-4-2-3-5-14(12)19-10)9-16-11-6-7-15(18)17-8-11/h2-5,11,16H,6-9H2,1H3,(H,17,18). The van der Waals surface area contributed by atoms with Crippen molar-refractivity contribution in [2.45, 2.75) is 32.4 Å². The third-order valence-electron chi connectivity index (χ3n) is 3.73. The number of carbonyl (C=O) groups is 1. The van der Waals surface area contributed by atoms with E-state index in [0.717, 1.165) is 24.3 Å². The van der Waals surface area contributed by atoms with Crippen LogP contribution in [0.4, 0.5) is 0 Å². The van der Waals surface area contributed by atoms with Crippen molar-refractivity contribution in [2.24, 2.45) is 0 Å². The topological polar surface area (TPSA) is 54.3 Å². The third kappa shape index (κ3) is 2.49. The summed E-state index contributed by atoms with van der Waals surface area (Å²) >= 11 is 0. The van der Waals surface area contributed by atoms with Crippen LogP contribution in [0.1, 0.15) is 24.2 Å². The first kappa shape index (κ1) is 12.2. The van der Waals surface area contributed by atoms with Gasteiger partial charge in [-0.1, -0.05) is 18.2 Å². The molecule has 4 heteroatoms. The minimum absolute atomic E-state index is 0.156. The van der Waals surface area contributed by atoms with Crippen LogP contribution < -0.4 is 10.6 Å². The Bertz CT molecular complexity index is 593. The Kier molecular flexibility index (Phi) is 3.25. The highest BCUT2D eigenvalue weighted by Crippen LogP contribution is 2.25. The number of aryl methyl sites for hydroxylation is 1. The number of furan rings is 1. The SMILES string of the molecule is Cc1oc2ccccc2c1CNC1CCC(=O)NC1. The second kappa shape index (κ2) is 5.05. The van der Waals surface area contributed by atoms with Gasteiger partial charge in [-0.05, 0) is 19.4 Å². The van der Waals surface area contributed by atoms with Gasteiger partial charge in [-0.3, -0.25) is 4.79 Å². The maximum Gasteiger partial charge on any atom is 0.220 e. The van der Waals surface area contributed by atoms with Crippen LogP contribution >= 0.6 is 0 Å². The predicted molar refractivity (Wildman–Crippen MR) is 73.8 cm³/mol. The number of fused-ring (bicyclic) bond motifs is 1. The first-order valence-electron chi connectivity index (χ1n) is 6.71. The van der Waals surface area contributed by atoms with E-state index >= 15 is 0 Å². The van der Waals surface area contributed by atoms with Gasteiger partial charge in [0.25, 0.3) is 0 Å². The summed E-state index contributed by atoms with van der Waals surface area (Å²) in [6.07, 6.45) is 1.52. The van der Waals surface area contributed by atoms with E-state index in [2.05, 4.69) is 16.7 Å². The van der Waals surface area contributed by atoms with Gasteiger partial charge in [-0.15, -0.1) is 0 Å². The Morgan fingerprint density at radius 3 is 3.05 bits per heavy atom. The molecule has 2 N–H and O–H groups in total. The molecule has 1 aliphatic heterocycles. The van der Waals surface area contributed by atoms with Crippen molar-refractivity contribution in [3.63, 3.8) is 0 Å². The lowest BCUT2D eigenvalue weighted by atomic mass is 10.1. The zero-order chi connectivity index (χ0) is 13.2. The first-order chi connectivity index (χ1) is 9.24. The average Bonchev–Trinajstić information content (AvgIpc) is 2.74. The molecule has 0 aliphatic carbocycles. The zero-order valence-corrected chi connectivity index (χ0v) is 11.0. The maximum absolute atomic E-state index is 11.1. The number of benzene rings is 1. The first-order valence-corrected chi connectivity index (χ1v) is 6.71. The molecule has 1 saturated heterocycles. The molecule has 0 spiro atoms. The van der Waals surface area contributed by atoms with Crippen molar-refractivity contribution < 1.29 is 9.21 Å². The molecule has 1 aromatic carbocycles. The van der Waals surface area contributed by atoms with Crippen molar-refractivity contribution in [3.8, 4) is 0 Å². The van der Waals surface area contributed by atoms with Crippen molar-refractivity contribution in [2.75, 3.05) is 6.54 Å². The predicted octanol–water partition coefficient (Wildman–Crippen LogP) is 2.11. The van der Waals surface area contributed by atoms with E-state index in [1.807, 2.05) is 25.1 Å². The van der Waals surface area contributed by atoms with Gasteiger partial charge in [0.1, 0.15) is 11.3 Å². The lowest BCUT2D eigenvalue weighted by Gasteiger charge is -2.23. The minimum Gasteiger partial charge on any atom is -0.461 e. The molecular formula is C15H18N2O2. The summed E-state index contributed by atoms with van der Waals surface area (Å²) in [5.74, 6) is 1.12. The zero-order valence-electron chi connectivity index (χ0n) is 11.0. The van der Waals surface area contributed by atoms with E-state index in [4.69, 9.17) is 4.42 Å². The molecule has 4 nitrogen and oxygen atoms in total. The van der Waals surface area contributed by atoms with Crippen LogP contribution in [0.3, 0.4) is 0 Å². The fourth-order valence-corrected chi connectivity index (χ4v) is 2.59. The molecule has 19 heavy (non-hydrogen) atoms. The lowest BCUT2D eigenvalue weighted by Crippen LogP contribution is -2.45. The van der Waals surface area contributed by atoms with Crippen LogP contribution in [0.5, 0.6) is 0 Å². The summed E-state index contributed by atoms with van der Waals surface area (Å²) in [7, 11) is 0. The number of rotatable bonds is 3. The molecule has 0 radical (unpaired) electrons. The van der Waals surface area contributed by atoms with E-state index in [0.29, 0.717) is 19.0 Å². The van der Waals surface area contributed by atoms with E-state index in [-0.39, 0.29) is 5.91 Å². The summed E-state index contributed by atoms with van der Waals surface area (Å²) < 4.78 is 5.75. The van der Waals surface area contributed by atoms with Crippen LogP contribution in [0.25, 0.3) is 11.0 Å². The molecule has 1 aliphatic rings. The van der Waals surface area contributed by atoms with Gasteiger partial charge in [-0.2, -0.15) is 0 Å². The highest BCUT2D eigenvalue weighted by Gasteiger charge is 2.18. The summed E-state index contributed by atoms with van der Waals surface area (Å²) in [5.41, 5.74) is 2.15. The molecule has 1 atom stereocenters. The fraction of sp³-hybridized carbons (Fsp3) is 0.400. The molecule has 1 amide bonds. The van der Waals surface area contributed by atoms with Gasteiger partial charge in [0.15, 0.2) is 0 Å². The van der Waals surface area contributed by atoms with Crippen LogP contribution in [-0.4, -0.2) is 18.5 Å². The molecule has 1 fully saturated rings. The van der Waals surface area contributed by atoms with Crippen molar-refractivity contribution in [1.29, 1.82) is 0 Å². The second-order valence-corrected chi connectivity index (χ2v) is 5.05. The number of carbonyl (C=O) groups excluding carboxylic acids is 1. The van der Waals surface area contributed by atoms with Gasteiger partial charge >= 0.3 is 0 Å². The highest BCUT2D eigenvalue weighted by molar-refractivity contribution is 5.82. The summed E-state index contributed by atoms with van der Waals surface area (Å²) in [5, 5.41) is 7.57. The maximum atomic E-state index is 11.1. The minimum atomic E-state index is 0.156. The van der Waals surface area contributed by atoms with Crippen LogP contribution in [0.15, 0.2) is 28.7 Å². The van der Waals surface area contributed by atoms with Crippen molar-refractivity contribution >= 4 is 16.9 Å². The van der Waals surface area contributed by atoms with Gasteiger partial charge in [-0.25, -0.2) is 0 Å². The number of amides is 1. The number of nitrogens with one attached hydrogen (secondary N) is 2. The van der Waals surface area contributed by atoms with Crippen LogP contribution in [-0.2, 0) is 11.3 Å². The molecule has 0 bridgehead atoms. The fourth-order valence-electron chi connectivity index (χ4n) is 2.59. The van der Waals surface area contributed by atoms with Crippen LogP contribution in [0.2, 0.25) is 0 Å². The summed E-state index contributed by atoms with van der Waals surface area (Å²) in [6.45, 7) is 3.50. The summed E-state index contributed by atoms with van der Waals surface area (Å²) in [6, 6.07) is 8.45. The molecule has 1 aromatic heterocycles. The molecular weight excluding hydrogens is 240 g/mol. The third-order valence-corrected chi connectivity index (χ3v) is 3.73. The average molecular weight is 258 g/mol. The Hall–Kier alpha value is -1.81. The quantitative estimate of drug-likeness (QED) is 0.886. The molecule has 1 unspecified atom stereocenters.